The Balaban J connectivity index is 2.14. The maximum absolute atomic E-state index is 8.55. The van der Waals surface area contributed by atoms with Gasteiger partial charge in [0, 0.05) is 12.6 Å². The van der Waals surface area contributed by atoms with E-state index < -0.39 is 0 Å². The summed E-state index contributed by atoms with van der Waals surface area (Å²) in [5.41, 5.74) is 0. The molecule has 0 bridgehead atoms. The van der Waals surface area contributed by atoms with E-state index in [1.165, 1.54) is 19.3 Å². The third-order valence-electron chi connectivity index (χ3n) is 2.38. The second-order valence-electron chi connectivity index (χ2n) is 3.19. The van der Waals surface area contributed by atoms with E-state index in [4.69, 9.17) is 5.11 Å². The van der Waals surface area contributed by atoms with Crippen LogP contribution in [0.1, 0.15) is 26.2 Å². The van der Waals surface area contributed by atoms with Gasteiger partial charge in [-0.2, -0.15) is 0 Å². The summed E-state index contributed by atoms with van der Waals surface area (Å²) in [5, 5.41) is 11.9. The standard InChI is InChI=1S/C8H17NO/c1-7-3-2-4-8(7)9-5-6-10/h7-10H,2-6H2,1H3/t7-,8-/m1/s1. The largest absolute Gasteiger partial charge is 0.395 e. The van der Waals surface area contributed by atoms with Gasteiger partial charge in [-0.25, -0.2) is 0 Å². The zero-order valence-electron chi connectivity index (χ0n) is 6.64. The van der Waals surface area contributed by atoms with E-state index in [0.29, 0.717) is 6.04 Å². The SMILES string of the molecule is C[C@@H]1CCC[C@H]1NCCO. The van der Waals surface area contributed by atoms with Crippen molar-refractivity contribution in [2.75, 3.05) is 13.2 Å². The third kappa shape index (κ3) is 1.96. The molecule has 60 valence electrons. The lowest BCUT2D eigenvalue weighted by atomic mass is 10.1. The molecule has 2 heteroatoms. The minimum atomic E-state index is 0.267. The Morgan fingerprint density at radius 1 is 1.50 bits per heavy atom. The van der Waals surface area contributed by atoms with E-state index in [0.717, 1.165) is 12.5 Å². The van der Waals surface area contributed by atoms with Gasteiger partial charge in [-0.3, -0.25) is 0 Å². The lowest BCUT2D eigenvalue weighted by molar-refractivity contribution is 0.277. The number of aliphatic hydroxyl groups excluding tert-OH is 1. The van der Waals surface area contributed by atoms with E-state index in [1.54, 1.807) is 0 Å². The second kappa shape index (κ2) is 3.94. The van der Waals surface area contributed by atoms with Crippen LogP contribution in [0, 0.1) is 5.92 Å². The van der Waals surface area contributed by atoms with Crippen LogP contribution in [0.2, 0.25) is 0 Å². The summed E-state index contributed by atoms with van der Waals surface area (Å²) in [5.74, 6) is 0.812. The number of aliphatic hydroxyl groups is 1. The van der Waals surface area contributed by atoms with Crippen LogP contribution in [-0.4, -0.2) is 24.3 Å². The molecular weight excluding hydrogens is 126 g/mol. The molecule has 0 aromatic carbocycles. The molecule has 1 aliphatic carbocycles. The predicted molar refractivity (Wildman–Crippen MR) is 41.9 cm³/mol. The molecule has 2 nitrogen and oxygen atoms in total. The Bertz CT molecular complexity index is 95.3. The first-order valence-electron chi connectivity index (χ1n) is 4.19. The van der Waals surface area contributed by atoms with Crippen molar-refractivity contribution in [2.45, 2.75) is 32.2 Å². The molecule has 2 atom stereocenters. The maximum Gasteiger partial charge on any atom is 0.0556 e. The highest BCUT2D eigenvalue weighted by molar-refractivity contribution is 4.79. The monoisotopic (exact) mass is 143 g/mol. The Morgan fingerprint density at radius 3 is 2.80 bits per heavy atom. The zero-order valence-corrected chi connectivity index (χ0v) is 6.64. The first kappa shape index (κ1) is 8.02. The Hall–Kier alpha value is -0.0800. The fraction of sp³-hybridized carbons (Fsp3) is 1.00. The van der Waals surface area contributed by atoms with Gasteiger partial charge in [-0.15, -0.1) is 0 Å². The van der Waals surface area contributed by atoms with Crippen molar-refractivity contribution >= 4 is 0 Å². The lowest BCUT2D eigenvalue weighted by Crippen LogP contribution is -2.33. The fourth-order valence-corrected chi connectivity index (χ4v) is 1.70. The number of rotatable bonds is 3. The van der Waals surface area contributed by atoms with Gasteiger partial charge in [-0.05, 0) is 18.8 Å². The van der Waals surface area contributed by atoms with E-state index in [-0.39, 0.29) is 6.61 Å². The van der Waals surface area contributed by atoms with Crippen molar-refractivity contribution in [1.82, 2.24) is 5.32 Å². The van der Waals surface area contributed by atoms with Gasteiger partial charge in [0.25, 0.3) is 0 Å². The topological polar surface area (TPSA) is 32.3 Å². The highest BCUT2D eigenvalue weighted by Crippen LogP contribution is 2.24. The van der Waals surface area contributed by atoms with E-state index >= 15 is 0 Å². The number of hydrogen-bond acceptors (Lipinski definition) is 2. The van der Waals surface area contributed by atoms with Gasteiger partial charge >= 0.3 is 0 Å². The van der Waals surface area contributed by atoms with Crippen LogP contribution in [0.5, 0.6) is 0 Å². The van der Waals surface area contributed by atoms with Crippen LogP contribution in [0.25, 0.3) is 0 Å². The first-order chi connectivity index (χ1) is 4.84. The van der Waals surface area contributed by atoms with Crippen LogP contribution in [0.4, 0.5) is 0 Å². The molecule has 1 aliphatic rings. The Morgan fingerprint density at radius 2 is 2.30 bits per heavy atom. The summed E-state index contributed by atoms with van der Waals surface area (Å²) in [6.07, 6.45) is 3.99. The zero-order chi connectivity index (χ0) is 7.40. The highest BCUT2D eigenvalue weighted by Gasteiger charge is 2.21. The molecule has 2 N–H and O–H groups in total. The molecule has 0 saturated heterocycles. The summed E-state index contributed by atoms with van der Waals surface area (Å²) in [4.78, 5) is 0. The predicted octanol–water partition coefficient (Wildman–Crippen LogP) is 0.757. The molecule has 0 aromatic rings. The summed E-state index contributed by atoms with van der Waals surface area (Å²) < 4.78 is 0. The minimum Gasteiger partial charge on any atom is -0.395 e. The van der Waals surface area contributed by atoms with Crippen LogP contribution in [0.15, 0.2) is 0 Å². The van der Waals surface area contributed by atoms with Gasteiger partial charge in [0.1, 0.15) is 0 Å². The summed E-state index contributed by atoms with van der Waals surface area (Å²) >= 11 is 0. The molecule has 0 heterocycles. The number of nitrogens with one attached hydrogen (secondary N) is 1. The van der Waals surface area contributed by atoms with Crippen molar-refractivity contribution in [3.05, 3.63) is 0 Å². The highest BCUT2D eigenvalue weighted by atomic mass is 16.3. The molecule has 0 spiro atoms. The molecule has 0 aliphatic heterocycles. The molecule has 0 unspecified atom stereocenters. The van der Waals surface area contributed by atoms with Crippen LogP contribution < -0.4 is 5.32 Å². The van der Waals surface area contributed by atoms with E-state index in [2.05, 4.69) is 12.2 Å². The molecule has 1 fully saturated rings. The summed E-state index contributed by atoms with van der Waals surface area (Å²) in [7, 11) is 0. The maximum atomic E-state index is 8.55. The second-order valence-corrected chi connectivity index (χ2v) is 3.19. The van der Waals surface area contributed by atoms with Gasteiger partial charge in [0.15, 0.2) is 0 Å². The van der Waals surface area contributed by atoms with E-state index in [9.17, 15) is 0 Å². The quantitative estimate of drug-likeness (QED) is 0.611. The van der Waals surface area contributed by atoms with Gasteiger partial charge < -0.3 is 10.4 Å². The van der Waals surface area contributed by atoms with Crippen molar-refractivity contribution in [3.8, 4) is 0 Å². The Labute approximate surface area is 62.6 Å². The third-order valence-corrected chi connectivity index (χ3v) is 2.38. The molecule has 0 amide bonds. The number of hydrogen-bond donors (Lipinski definition) is 2. The van der Waals surface area contributed by atoms with Crippen LogP contribution in [-0.2, 0) is 0 Å². The van der Waals surface area contributed by atoms with Crippen LogP contribution >= 0.6 is 0 Å². The first-order valence-corrected chi connectivity index (χ1v) is 4.19. The average molecular weight is 143 g/mol. The molecule has 0 aromatic heterocycles. The lowest BCUT2D eigenvalue weighted by Gasteiger charge is -2.15. The van der Waals surface area contributed by atoms with Crippen molar-refractivity contribution in [1.29, 1.82) is 0 Å². The normalized spacial score (nSPS) is 33.0. The van der Waals surface area contributed by atoms with Crippen molar-refractivity contribution < 1.29 is 5.11 Å². The van der Waals surface area contributed by atoms with Gasteiger partial charge in [0.05, 0.1) is 6.61 Å². The molecule has 1 saturated carbocycles. The fourth-order valence-electron chi connectivity index (χ4n) is 1.70. The molecule has 1 rings (SSSR count). The van der Waals surface area contributed by atoms with Gasteiger partial charge in [0.2, 0.25) is 0 Å². The summed E-state index contributed by atoms with van der Waals surface area (Å²) in [6, 6.07) is 0.673. The Kier molecular flexibility index (Phi) is 3.16. The van der Waals surface area contributed by atoms with E-state index in [1.807, 2.05) is 0 Å². The van der Waals surface area contributed by atoms with Crippen LogP contribution in [0.3, 0.4) is 0 Å². The van der Waals surface area contributed by atoms with Crippen molar-refractivity contribution in [2.24, 2.45) is 5.92 Å². The molecule has 0 radical (unpaired) electrons. The average Bonchev–Trinajstić information content (AvgIpc) is 2.31. The van der Waals surface area contributed by atoms with Gasteiger partial charge in [-0.1, -0.05) is 13.3 Å². The summed E-state index contributed by atoms with van der Waals surface area (Å²) in [6.45, 7) is 3.31. The smallest absolute Gasteiger partial charge is 0.0556 e. The molecule has 10 heavy (non-hydrogen) atoms. The van der Waals surface area contributed by atoms with Crippen molar-refractivity contribution in [3.63, 3.8) is 0 Å². The molecular formula is C8H17NO. The minimum absolute atomic E-state index is 0.267.